The summed E-state index contributed by atoms with van der Waals surface area (Å²) >= 11 is 0. The van der Waals surface area contributed by atoms with E-state index in [9.17, 15) is 14.4 Å². The highest BCUT2D eigenvalue weighted by molar-refractivity contribution is 5.93. The summed E-state index contributed by atoms with van der Waals surface area (Å²) in [6.45, 7) is 0.114. The van der Waals surface area contributed by atoms with Crippen LogP contribution in [0.2, 0.25) is 0 Å². The van der Waals surface area contributed by atoms with E-state index in [0.717, 1.165) is 5.56 Å². The third-order valence-corrected chi connectivity index (χ3v) is 3.11. The van der Waals surface area contributed by atoms with Crippen molar-refractivity contribution in [3.63, 3.8) is 0 Å². The van der Waals surface area contributed by atoms with Crippen LogP contribution in [0.15, 0.2) is 30.3 Å². The molecule has 112 valence electrons. The molecule has 0 bridgehead atoms. The molecule has 1 aliphatic heterocycles. The van der Waals surface area contributed by atoms with Gasteiger partial charge in [0.2, 0.25) is 5.91 Å². The average molecular weight is 292 g/mol. The maximum atomic E-state index is 11.6. The van der Waals surface area contributed by atoms with E-state index in [-0.39, 0.29) is 18.9 Å². The van der Waals surface area contributed by atoms with Gasteiger partial charge in [-0.25, -0.2) is 4.79 Å². The zero-order valence-electron chi connectivity index (χ0n) is 11.5. The first-order valence-electron chi connectivity index (χ1n) is 6.44. The van der Waals surface area contributed by atoms with Crippen LogP contribution in [0.4, 0.5) is 4.79 Å². The van der Waals surface area contributed by atoms with E-state index < -0.39 is 24.1 Å². The Kier molecular flexibility index (Phi) is 4.76. The first kappa shape index (κ1) is 14.8. The van der Waals surface area contributed by atoms with E-state index in [1.54, 1.807) is 0 Å². The number of hydrogen-bond acceptors (Lipinski definition) is 5. The molecule has 0 aliphatic carbocycles. The lowest BCUT2D eigenvalue weighted by atomic mass is 9.96. The second-order valence-corrected chi connectivity index (χ2v) is 4.58. The van der Waals surface area contributed by atoms with Crippen LogP contribution in [0.25, 0.3) is 0 Å². The van der Waals surface area contributed by atoms with Crippen LogP contribution < -0.4 is 10.6 Å². The Morgan fingerprint density at radius 1 is 1.29 bits per heavy atom. The number of nitrogens with one attached hydrogen (secondary N) is 2. The molecule has 1 aromatic rings. The molecular weight excluding hydrogens is 276 g/mol. The van der Waals surface area contributed by atoms with Crippen molar-refractivity contribution in [1.82, 2.24) is 10.6 Å². The molecule has 2 N–H and O–H groups in total. The lowest BCUT2D eigenvalue weighted by Gasteiger charge is -2.35. The van der Waals surface area contributed by atoms with Crippen LogP contribution in [0, 0.1) is 0 Å². The van der Waals surface area contributed by atoms with Gasteiger partial charge in [-0.2, -0.15) is 0 Å². The minimum absolute atomic E-state index is 0.00583. The molecule has 0 radical (unpaired) electrons. The summed E-state index contributed by atoms with van der Waals surface area (Å²) < 4.78 is 9.53. The standard InChI is InChI=1S/C14H16N2O5/c1-20-11(17)7-10-12(13(18)15-10)16-14(19)21-8-9-5-3-2-4-6-9/h2-6,10,12H,7-8H2,1H3,(H,15,18)(H,16,19)/t10-,12-/m0/s1. The molecule has 1 heterocycles. The highest BCUT2D eigenvalue weighted by atomic mass is 16.5. The lowest BCUT2D eigenvalue weighted by Crippen LogP contribution is -2.69. The number of β-lactam (4-membered cyclic amide) rings is 1. The van der Waals surface area contributed by atoms with Crippen molar-refractivity contribution in [1.29, 1.82) is 0 Å². The van der Waals surface area contributed by atoms with Gasteiger partial charge in [-0.3, -0.25) is 9.59 Å². The van der Waals surface area contributed by atoms with E-state index in [0.29, 0.717) is 0 Å². The molecule has 1 aliphatic rings. The fraction of sp³-hybridized carbons (Fsp3) is 0.357. The first-order chi connectivity index (χ1) is 10.1. The summed E-state index contributed by atoms with van der Waals surface area (Å²) in [5, 5.41) is 4.96. The maximum absolute atomic E-state index is 11.6. The van der Waals surface area contributed by atoms with Gasteiger partial charge in [0.1, 0.15) is 12.6 Å². The number of amides is 2. The molecule has 1 fully saturated rings. The van der Waals surface area contributed by atoms with Crippen molar-refractivity contribution in [2.45, 2.75) is 25.1 Å². The van der Waals surface area contributed by atoms with E-state index >= 15 is 0 Å². The summed E-state index contributed by atoms with van der Waals surface area (Å²) in [5.74, 6) is -0.801. The molecule has 2 rings (SSSR count). The van der Waals surface area contributed by atoms with E-state index in [1.165, 1.54) is 7.11 Å². The van der Waals surface area contributed by atoms with E-state index in [4.69, 9.17) is 4.74 Å². The highest BCUT2D eigenvalue weighted by Crippen LogP contribution is 2.11. The summed E-state index contributed by atoms with van der Waals surface area (Å²) in [6, 6.07) is 7.94. The first-order valence-corrected chi connectivity index (χ1v) is 6.44. The van der Waals surface area contributed by atoms with Crippen molar-refractivity contribution in [3.8, 4) is 0 Å². The smallest absolute Gasteiger partial charge is 0.408 e. The molecule has 0 aromatic heterocycles. The van der Waals surface area contributed by atoms with Gasteiger partial charge in [0, 0.05) is 0 Å². The summed E-state index contributed by atoms with van der Waals surface area (Å²) in [7, 11) is 1.26. The highest BCUT2D eigenvalue weighted by Gasteiger charge is 2.42. The molecule has 0 spiro atoms. The summed E-state index contributed by atoms with van der Waals surface area (Å²) in [6.07, 6.45) is -0.695. The number of ether oxygens (including phenoxy) is 2. The monoisotopic (exact) mass is 292 g/mol. The normalized spacial score (nSPS) is 20.0. The number of carbonyl (C=O) groups excluding carboxylic acids is 3. The van der Waals surface area contributed by atoms with Crippen LogP contribution in [0.1, 0.15) is 12.0 Å². The number of esters is 1. The van der Waals surface area contributed by atoms with Gasteiger partial charge in [-0.1, -0.05) is 30.3 Å². The Balaban J connectivity index is 1.78. The molecule has 1 saturated heterocycles. The quantitative estimate of drug-likeness (QED) is 0.603. The fourth-order valence-corrected chi connectivity index (χ4v) is 1.93. The van der Waals surface area contributed by atoms with Crippen LogP contribution in [-0.2, 0) is 25.7 Å². The van der Waals surface area contributed by atoms with Crippen molar-refractivity contribution in [2.24, 2.45) is 0 Å². The van der Waals surface area contributed by atoms with Crippen molar-refractivity contribution in [2.75, 3.05) is 7.11 Å². The van der Waals surface area contributed by atoms with Crippen molar-refractivity contribution >= 4 is 18.0 Å². The van der Waals surface area contributed by atoms with Gasteiger partial charge in [0.15, 0.2) is 0 Å². The Morgan fingerprint density at radius 2 is 2.00 bits per heavy atom. The van der Waals surface area contributed by atoms with Gasteiger partial charge in [-0.05, 0) is 5.56 Å². The number of carbonyl (C=O) groups is 3. The van der Waals surface area contributed by atoms with Gasteiger partial charge < -0.3 is 20.1 Å². The predicted molar refractivity (Wildman–Crippen MR) is 72.1 cm³/mol. The van der Waals surface area contributed by atoms with E-state index in [2.05, 4.69) is 15.4 Å². The molecule has 7 nitrogen and oxygen atoms in total. The largest absolute Gasteiger partial charge is 0.469 e. The van der Waals surface area contributed by atoms with Gasteiger partial charge >= 0.3 is 12.1 Å². The molecule has 1 aromatic carbocycles. The zero-order chi connectivity index (χ0) is 15.2. The molecule has 21 heavy (non-hydrogen) atoms. The predicted octanol–water partition coefficient (Wildman–Crippen LogP) is 0.343. The number of alkyl carbamates (subject to hydrolysis) is 1. The second-order valence-electron chi connectivity index (χ2n) is 4.58. The minimum atomic E-state index is -0.771. The number of benzene rings is 1. The van der Waals surface area contributed by atoms with Crippen molar-refractivity contribution in [3.05, 3.63) is 35.9 Å². The third kappa shape index (κ3) is 3.95. The van der Waals surface area contributed by atoms with Crippen molar-refractivity contribution < 1.29 is 23.9 Å². The molecule has 0 saturated carbocycles. The Morgan fingerprint density at radius 3 is 2.62 bits per heavy atom. The lowest BCUT2D eigenvalue weighted by molar-refractivity contribution is -0.143. The Bertz CT molecular complexity index is 531. The Labute approximate surface area is 121 Å². The van der Waals surface area contributed by atoms with Gasteiger partial charge in [-0.15, -0.1) is 0 Å². The van der Waals surface area contributed by atoms with Crippen LogP contribution >= 0.6 is 0 Å². The number of rotatable bonds is 5. The Hall–Kier alpha value is -2.57. The van der Waals surface area contributed by atoms with Crippen LogP contribution in [0.3, 0.4) is 0 Å². The molecule has 7 heteroatoms. The van der Waals surface area contributed by atoms with Gasteiger partial charge in [0.05, 0.1) is 19.6 Å². The summed E-state index contributed by atoms with van der Waals surface area (Å²) in [4.78, 5) is 34.2. The second kappa shape index (κ2) is 6.74. The SMILES string of the molecule is COC(=O)C[C@@H]1NC(=O)[C@H]1NC(=O)OCc1ccccc1. The number of hydrogen-bond donors (Lipinski definition) is 2. The summed E-state index contributed by atoms with van der Waals surface area (Å²) in [5.41, 5.74) is 0.844. The molecular formula is C14H16N2O5. The minimum Gasteiger partial charge on any atom is -0.469 e. The third-order valence-electron chi connectivity index (χ3n) is 3.11. The number of methoxy groups -OCH3 is 1. The van der Waals surface area contributed by atoms with Gasteiger partial charge in [0.25, 0.3) is 0 Å². The molecule has 2 atom stereocenters. The molecule has 2 amide bonds. The fourth-order valence-electron chi connectivity index (χ4n) is 1.93. The van der Waals surface area contributed by atoms with Crippen LogP contribution in [0.5, 0.6) is 0 Å². The maximum Gasteiger partial charge on any atom is 0.408 e. The average Bonchev–Trinajstić information content (AvgIpc) is 2.51. The van der Waals surface area contributed by atoms with Crippen LogP contribution in [-0.4, -0.2) is 37.2 Å². The molecule has 0 unspecified atom stereocenters. The topological polar surface area (TPSA) is 93.7 Å². The van der Waals surface area contributed by atoms with E-state index in [1.807, 2.05) is 30.3 Å². The zero-order valence-corrected chi connectivity index (χ0v) is 11.5.